The van der Waals surface area contributed by atoms with Crippen LogP contribution in [0.25, 0.3) is 10.9 Å². The van der Waals surface area contributed by atoms with E-state index >= 15 is 0 Å². The van der Waals surface area contributed by atoms with E-state index in [0.717, 1.165) is 41.7 Å². The third-order valence-corrected chi connectivity index (χ3v) is 5.38. The molecule has 0 radical (unpaired) electrons. The number of para-hydroxylation sites is 1. The van der Waals surface area contributed by atoms with Gasteiger partial charge >= 0.3 is 0 Å². The van der Waals surface area contributed by atoms with Crippen molar-refractivity contribution in [3.63, 3.8) is 0 Å². The third-order valence-electron chi connectivity index (χ3n) is 5.38. The molecule has 1 aliphatic heterocycles. The molecule has 1 saturated heterocycles. The number of nitriles is 1. The fourth-order valence-electron chi connectivity index (χ4n) is 4.07. The monoisotopic (exact) mass is 415 g/mol. The number of aromatic nitrogens is 2. The van der Waals surface area contributed by atoms with Crippen LogP contribution in [0.5, 0.6) is 0 Å². The van der Waals surface area contributed by atoms with Crippen LogP contribution in [-0.2, 0) is 4.79 Å². The molecule has 2 heterocycles. The molecule has 2 aromatic carbocycles. The lowest BCUT2D eigenvalue weighted by atomic mass is 10.0. The predicted molar refractivity (Wildman–Crippen MR) is 122 cm³/mol. The molecule has 158 valence electrons. The van der Waals surface area contributed by atoms with Gasteiger partial charge in [0.25, 0.3) is 0 Å². The topological polar surface area (TPSA) is 120 Å². The smallest absolute Gasteiger partial charge is 0.229 e. The summed E-state index contributed by atoms with van der Waals surface area (Å²) >= 11 is 0. The molecule has 8 heteroatoms. The van der Waals surface area contributed by atoms with Crippen LogP contribution in [0.4, 0.5) is 23.1 Å². The zero-order valence-corrected chi connectivity index (χ0v) is 17.6. The number of amides is 1. The number of benzene rings is 2. The number of anilines is 4. The maximum atomic E-state index is 11.6. The van der Waals surface area contributed by atoms with E-state index in [9.17, 15) is 10.1 Å². The van der Waals surface area contributed by atoms with E-state index in [1.165, 1.54) is 0 Å². The summed E-state index contributed by atoms with van der Waals surface area (Å²) in [6.45, 7) is 5.11. The van der Waals surface area contributed by atoms with Crippen molar-refractivity contribution in [2.45, 2.75) is 32.7 Å². The average molecular weight is 416 g/mol. The largest absolute Gasteiger partial charge is 0.399 e. The molecule has 0 bridgehead atoms. The number of nitrogen functional groups attached to an aromatic ring is 1. The Labute approximate surface area is 181 Å². The second kappa shape index (κ2) is 8.48. The van der Waals surface area contributed by atoms with E-state index < -0.39 is 0 Å². The highest BCUT2D eigenvalue weighted by Gasteiger charge is 2.24. The van der Waals surface area contributed by atoms with E-state index in [4.69, 9.17) is 15.7 Å². The lowest BCUT2D eigenvalue weighted by molar-refractivity contribution is -0.119. The minimum absolute atomic E-state index is 0.0208. The van der Waals surface area contributed by atoms with E-state index in [0.29, 0.717) is 29.4 Å². The van der Waals surface area contributed by atoms with Gasteiger partial charge in [-0.05, 0) is 49.6 Å². The Kier molecular flexibility index (Phi) is 5.58. The Morgan fingerprint density at radius 3 is 2.90 bits per heavy atom. The minimum Gasteiger partial charge on any atom is -0.399 e. The number of nitrogens with one attached hydrogen (secondary N) is 2. The van der Waals surface area contributed by atoms with E-state index in [1.54, 1.807) is 25.1 Å². The second-order valence-electron chi connectivity index (χ2n) is 7.91. The molecule has 0 unspecified atom stereocenters. The fraction of sp³-hybridized carbons (Fsp3) is 0.304. The van der Waals surface area contributed by atoms with Crippen LogP contribution in [0, 0.1) is 18.3 Å². The van der Waals surface area contributed by atoms with Crippen molar-refractivity contribution in [3.8, 4) is 6.07 Å². The van der Waals surface area contributed by atoms with Gasteiger partial charge in [0.15, 0.2) is 0 Å². The van der Waals surface area contributed by atoms with Crippen LogP contribution in [0.15, 0.2) is 36.4 Å². The van der Waals surface area contributed by atoms with Gasteiger partial charge < -0.3 is 21.3 Å². The van der Waals surface area contributed by atoms with Gasteiger partial charge in [-0.3, -0.25) is 4.79 Å². The summed E-state index contributed by atoms with van der Waals surface area (Å²) in [5.41, 5.74) is 9.46. The summed E-state index contributed by atoms with van der Waals surface area (Å²) in [5, 5.41) is 16.4. The van der Waals surface area contributed by atoms with Gasteiger partial charge in [0.05, 0.1) is 17.1 Å². The van der Waals surface area contributed by atoms with Crippen molar-refractivity contribution in [2.75, 3.05) is 29.0 Å². The maximum absolute atomic E-state index is 11.6. The number of rotatable bonds is 4. The van der Waals surface area contributed by atoms with Crippen molar-refractivity contribution in [2.24, 2.45) is 0 Å². The Morgan fingerprint density at radius 2 is 2.13 bits per heavy atom. The van der Waals surface area contributed by atoms with Gasteiger partial charge in [-0.15, -0.1) is 0 Å². The highest BCUT2D eigenvalue weighted by Crippen LogP contribution is 2.30. The number of carbonyl (C=O) groups excluding carboxylic acids is 1. The molecule has 1 amide bonds. The third kappa shape index (κ3) is 4.51. The first-order valence-corrected chi connectivity index (χ1v) is 10.3. The highest BCUT2D eigenvalue weighted by atomic mass is 16.1. The molecule has 1 aromatic heterocycles. The number of aryl methyl sites for hydroxylation is 1. The molecule has 1 fully saturated rings. The van der Waals surface area contributed by atoms with Gasteiger partial charge in [-0.1, -0.05) is 12.1 Å². The maximum Gasteiger partial charge on any atom is 0.229 e. The summed E-state index contributed by atoms with van der Waals surface area (Å²) in [6, 6.07) is 13.3. The van der Waals surface area contributed by atoms with Crippen LogP contribution >= 0.6 is 0 Å². The highest BCUT2D eigenvalue weighted by molar-refractivity contribution is 5.93. The first-order valence-electron chi connectivity index (χ1n) is 10.3. The van der Waals surface area contributed by atoms with Crippen molar-refractivity contribution < 1.29 is 4.79 Å². The van der Waals surface area contributed by atoms with Crippen LogP contribution in [0.2, 0.25) is 0 Å². The first kappa shape index (κ1) is 20.4. The standard InChI is InChI=1S/C23H25N7O/c1-14-5-3-7-20-21(14)28-23(27-19-10-16(12-24)9-17(25)11-19)29-22(20)30-8-4-6-18(13-30)26-15(2)31/h3,5,7,9-11,18H,4,6,8,13,25H2,1-2H3,(H,26,31)(H,27,28,29)/t18-/m1/s1. The molecule has 0 aliphatic carbocycles. The van der Waals surface area contributed by atoms with E-state index in [-0.39, 0.29) is 11.9 Å². The molecule has 1 atom stereocenters. The van der Waals surface area contributed by atoms with Crippen LogP contribution < -0.4 is 21.3 Å². The Bertz CT molecular complexity index is 1180. The molecule has 4 N–H and O–H groups in total. The average Bonchev–Trinajstić information content (AvgIpc) is 2.73. The number of fused-ring (bicyclic) bond motifs is 1. The van der Waals surface area contributed by atoms with Gasteiger partial charge in [-0.25, -0.2) is 4.98 Å². The van der Waals surface area contributed by atoms with Gasteiger partial charge in [-0.2, -0.15) is 10.2 Å². The molecule has 31 heavy (non-hydrogen) atoms. The summed E-state index contributed by atoms with van der Waals surface area (Å²) in [5.74, 6) is 1.25. The number of nitrogens with zero attached hydrogens (tertiary/aromatic N) is 4. The van der Waals surface area contributed by atoms with E-state index in [1.807, 2.05) is 25.1 Å². The quantitative estimate of drug-likeness (QED) is 0.560. The number of hydrogen-bond donors (Lipinski definition) is 3. The minimum atomic E-state index is -0.0208. The van der Waals surface area contributed by atoms with E-state index in [2.05, 4.69) is 21.6 Å². The molecule has 1 aliphatic rings. The number of piperidine rings is 1. The summed E-state index contributed by atoms with van der Waals surface area (Å²) in [6.07, 6.45) is 1.91. The molecule has 0 saturated carbocycles. The molecular weight excluding hydrogens is 390 g/mol. The molecular formula is C23H25N7O. The van der Waals surface area contributed by atoms with Crippen LogP contribution in [-0.4, -0.2) is 35.0 Å². The normalized spacial score (nSPS) is 16.0. The summed E-state index contributed by atoms with van der Waals surface area (Å²) in [4.78, 5) is 23.3. The van der Waals surface area contributed by atoms with Crippen molar-refractivity contribution >= 4 is 40.0 Å². The molecule has 3 aromatic rings. The Hall–Kier alpha value is -3.86. The fourth-order valence-corrected chi connectivity index (χ4v) is 4.07. The lowest BCUT2D eigenvalue weighted by Crippen LogP contribution is -2.47. The number of carbonyl (C=O) groups is 1. The number of hydrogen-bond acceptors (Lipinski definition) is 7. The van der Waals surface area contributed by atoms with Crippen LogP contribution in [0.3, 0.4) is 0 Å². The molecule has 4 rings (SSSR count). The zero-order chi connectivity index (χ0) is 22.0. The second-order valence-corrected chi connectivity index (χ2v) is 7.91. The Morgan fingerprint density at radius 1 is 1.29 bits per heavy atom. The van der Waals surface area contributed by atoms with Gasteiger partial charge in [0.2, 0.25) is 11.9 Å². The van der Waals surface area contributed by atoms with Crippen molar-refractivity contribution in [1.29, 1.82) is 5.26 Å². The molecule has 0 spiro atoms. The van der Waals surface area contributed by atoms with Crippen LogP contribution in [0.1, 0.15) is 30.9 Å². The summed E-state index contributed by atoms with van der Waals surface area (Å²) < 4.78 is 0. The number of nitrogens with two attached hydrogens (primary N) is 1. The van der Waals surface area contributed by atoms with Gasteiger partial charge in [0.1, 0.15) is 5.82 Å². The zero-order valence-electron chi connectivity index (χ0n) is 17.6. The lowest BCUT2D eigenvalue weighted by Gasteiger charge is -2.34. The SMILES string of the molecule is CC(=O)N[C@@H]1CCCN(c2nc(Nc3cc(N)cc(C#N)c3)nc3c(C)cccc23)C1. The first-order chi connectivity index (χ1) is 14.9. The Balaban J connectivity index is 1.75. The predicted octanol–water partition coefficient (Wildman–Crippen LogP) is 3.24. The van der Waals surface area contributed by atoms with Crippen molar-refractivity contribution in [1.82, 2.24) is 15.3 Å². The summed E-state index contributed by atoms with van der Waals surface area (Å²) in [7, 11) is 0. The van der Waals surface area contributed by atoms with Gasteiger partial charge in [0, 0.05) is 42.8 Å². The molecule has 8 nitrogen and oxygen atoms in total. The van der Waals surface area contributed by atoms with Crippen molar-refractivity contribution in [3.05, 3.63) is 47.5 Å².